The number of hydrogen-bond acceptors (Lipinski definition) is 2. The van der Waals surface area contributed by atoms with Crippen LogP contribution in [0.4, 0.5) is 0 Å². The highest BCUT2D eigenvalue weighted by molar-refractivity contribution is 6.30. The van der Waals surface area contributed by atoms with Gasteiger partial charge in [0.2, 0.25) is 5.91 Å². The average molecular weight is 282 g/mol. The molecule has 2 rings (SSSR count). The van der Waals surface area contributed by atoms with Crippen LogP contribution in [-0.2, 0) is 11.2 Å². The highest BCUT2D eigenvalue weighted by Crippen LogP contribution is 2.27. The topological polar surface area (TPSA) is 49.3 Å². The van der Waals surface area contributed by atoms with Crippen LogP contribution >= 0.6 is 11.6 Å². The summed E-state index contributed by atoms with van der Waals surface area (Å²) in [6.45, 7) is 0.358. The number of rotatable bonds is 5. The maximum Gasteiger partial charge on any atom is 0.224 e. The normalized spacial score (nSPS) is 17.4. The van der Waals surface area contributed by atoms with Crippen LogP contribution in [0.2, 0.25) is 5.02 Å². The molecule has 3 nitrogen and oxygen atoms in total. The summed E-state index contributed by atoms with van der Waals surface area (Å²) < 4.78 is 0. The molecule has 104 valence electrons. The highest BCUT2D eigenvalue weighted by atomic mass is 35.5. The molecule has 1 aliphatic carbocycles. The molecule has 1 atom stereocenters. The van der Waals surface area contributed by atoms with Gasteiger partial charge in [0.1, 0.15) is 0 Å². The van der Waals surface area contributed by atoms with E-state index < -0.39 is 6.10 Å². The second-order valence-corrected chi connectivity index (χ2v) is 5.66. The van der Waals surface area contributed by atoms with Crippen LogP contribution in [0.3, 0.4) is 0 Å². The molecule has 1 unspecified atom stereocenters. The molecule has 1 saturated carbocycles. The van der Waals surface area contributed by atoms with E-state index in [1.165, 1.54) is 12.8 Å². The van der Waals surface area contributed by atoms with Crippen LogP contribution < -0.4 is 5.32 Å². The number of benzene rings is 1. The molecule has 0 spiro atoms. The van der Waals surface area contributed by atoms with E-state index in [0.717, 1.165) is 18.4 Å². The van der Waals surface area contributed by atoms with Crippen molar-refractivity contribution in [2.24, 2.45) is 5.92 Å². The summed E-state index contributed by atoms with van der Waals surface area (Å²) in [7, 11) is 0. The third-order valence-corrected chi connectivity index (χ3v) is 3.98. The van der Waals surface area contributed by atoms with Crippen LogP contribution in [0, 0.1) is 5.92 Å². The van der Waals surface area contributed by atoms with Crippen LogP contribution in [0.1, 0.15) is 31.2 Å². The van der Waals surface area contributed by atoms with E-state index >= 15 is 0 Å². The standard InChI is InChI=1S/C15H20ClNO2/c16-13-7-5-11(6-8-13)9-15(19)17-10-14(18)12-3-1-2-4-12/h5-8,12,14,18H,1-4,9-10H2,(H,17,19). The fourth-order valence-corrected chi connectivity index (χ4v) is 2.70. The largest absolute Gasteiger partial charge is 0.391 e. The van der Waals surface area contributed by atoms with Gasteiger partial charge >= 0.3 is 0 Å². The Morgan fingerprint density at radius 2 is 1.95 bits per heavy atom. The Bertz CT molecular complexity index is 413. The number of aliphatic hydroxyl groups is 1. The average Bonchev–Trinajstić information content (AvgIpc) is 2.93. The minimum absolute atomic E-state index is 0.0561. The first-order valence-corrected chi connectivity index (χ1v) is 7.22. The first kappa shape index (κ1) is 14.4. The number of halogens is 1. The summed E-state index contributed by atoms with van der Waals surface area (Å²) >= 11 is 5.79. The Balaban J connectivity index is 1.73. The fraction of sp³-hybridized carbons (Fsp3) is 0.533. The maximum absolute atomic E-state index is 11.8. The van der Waals surface area contributed by atoms with Crippen LogP contribution in [0.15, 0.2) is 24.3 Å². The van der Waals surface area contributed by atoms with E-state index in [2.05, 4.69) is 5.32 Å². The highest BCUT2D eigenvalue weighted by Gasteiger charge is 2.23. The number of amides is 1. The van der Waals surface area contributed by atoms with E-state index in [-0.39, 0.29) is 5.91 Å². The van der Waals surface area contributed by atoms with Gasteiger partial charge in [-0.2, -0.15) is 0 Å². The zero-order valence-corrected chi connectivity index (χ0v) is 11.7. The monoisotopic (exact) mass is 281 g/mol. The van der Waals surface area contributed by atoms with Crippen LogP contribution in [-0.4, -0.2) is 23.7 Å². The predicted molar refractivity (Wildman–Crippen MR) is 76.1 cm³/mol. The lowest BCUT2D eigenvalue weighted by molar-refractivity contribution is -0.121. The molecule has 1 aliphatic rings. The van der Waals surface area contributed by atoms with Crippen molar-refractivity contribution < 1.29 is 9.90 Å². The Hall–Kier alpha value is -1.06. The predicted octanol–water partition coefficient (Wildman–Crippen LogP) is 2.55. The molecule has 0 radical (unpaired) electrons. The lowest BCUT2D eigenvalue weighted by Crippen LogP contribution is -2.36. The Kier molecular flexibility index (Phi) is 5.23. The van der Waals surface area contributed by atoms with E-state index in [0.29, 0.717) is 23.9 Å². The van der Waals surface area contributed by atoms with Gasteiger partial charge in [-0.05, 0) is 36.5 Å². The molecular formula is C15H20ClNO2. The first-order chi connectivity index (χ1) is 9.15. The third-order valence-electron chi connectivity index (χ3n) is 3.73. The number of hydrogen-bond donors (Lipinski definition) is 2. The maximum atomic E-state index is 11.8. The Labute approximate surface area is 119 Å². The smallest absolute Gasteiger partial charge is 0.224 e. The van der Waals surface area contributed by atoms with Gasteiger partial charge in [0.15, 0.2) is 0 Å². The zero-order chi connectivity index (χ0) is 13.7. The lowest BCUT2D eigenvalue weighted by Gasteiger charge is -2.18. The summed E-state index contributed by atoms with van der Waals surface area (Å²) in [6, 6.07) is 7.24. The van der Waals surface area contributed by atoms with Crippen molar-refractivity contribution in [2.45, 2.75) is 38.2 Å². The minimum Gasteiger partial charge on any atom is -0.391 e. The van der Waals surface area contributed by atoms with Gasteiger partial charge in [-0.15, -0.1) is 0 Å². The second-order valence-electron chi connectivity index (χ2n) is 5.22. The molecule has 1 aromatic rings. The van der Waals surface area contributed by atoms with Crippen molar-refractivity contribution in [2.75, 3.05) is 6.54 Å². The molecule has 0 bridgehead atoms. The van der Waals surface area contributed by atoms with Gasteiger partial charge in [-0.25, -0.2) is 0 Å². The quantitative estimate of drug-likeness (QED) is 0.871. The van der Waals surface area contributed by atoms with Gasteiger partial charge in [0.05, 0.1) is 12.5 Å². The number of aliphatic hydroxyl groups excluding tert-OH is 1. The van der Waals surface area contributed by atoms with Gasteiger partial charge in [-0.1, -0.05) is 36.6 Å². The number of nitrogens with one attached hydrogen (secondary N) is 1. The molecular weight excluding hydrogens is 262 g/mol. The van der Waals surface area contributed by atoms with Crippen LogP contribution in [0.5, 0.6) is 0 Å². The molecule has 19 heavy (non-hydrogen) atoms. The summed E-state index contributed by atoms with van der Waals surface area (Å²) in [6.07, 6.45) is 4.47. The first-order valence-electron chi connectivity index (χ1n) is 6.84. The summed E-state index contributed by atoms with van der Waals surface area (Å²) in [5.41, 5.74) is 0.928. The molecule has 1 amide bonds. The van der Waals surface area contributed by atoms with Crippen molar-refractivity contribution in [3.8, 4) is 0 Å². The fourth-order valence-electron chi connectivity index (χ4n) is 2.58. The van der Waals surface area contributed by atoms with Crippen molar-refractivity contribution in [3.63, 3.8) is 0 Å². The Morgan fingerprint density at radius 1 is 1.32 bits per heavy atom. The molecule has 0 saturated heterocycles. The minimum atomic E-state index is -0.406. The van der Waals surface area contributed by atoms with Crippen molar-refractivity contribution in [1.82, 2.24) is 5.32 Å². The Morgan fingerprint density at radius 3 is 2.58 bits per heavy atom. The molecule has 0 aromatic heterocycles. The summed E-state index contributed by atoms with van der Waals surface area (Å²) in [5.74, 6) is 0.301. The molecule has 1 fully saturated rings. The van der Waals surface area contributed by atoms with Gasteiger partial charge in [-0.3, -0.25) is 4.79 Å². The van der Waals surface area contributed by atoms with E-state index in [4.69, 9.17) is 11.6 Å². The van der Waals surface area contributed by atoms with Gasteiger partial charge in [0, 0.05) is 11.6 Å². The van der Waals surface area contributed by atoms with Crippen molar-refractivity contribution in [1.29, 1.82) is 0 Å². The van der Waals surface area contributed by atoms with Crippen LogP contribution in [0.25, 0.3) is 0 Å². The van der Waals surface area contributed by atoms with Gasteiger partial charge < -0.3 is 10.4 Å². The summed E-state index contributed by atoms with van der Waals surface area (Å²) in [5, 5.41) is 13.4. The van der Waals surface area contributed by atoms with E-state index in [9.17, 15) is 9.90 Å². The van der Waals surface area contributed by atoms with Crippen molar-refractivity contribution >= 4 is 17.5 Å². The van der Waals surface area contributed by atoms with E-state index in [1.807, 2.05) is 12.1 Å². The molecule has 2 N–H and O–H groups in total. The molecule has 4 heteroatoms. The second kappa shape index (κ2) is 6.92. The van der Waals surface area contributed by atoms with Crippen molar-refractivity contribution in [3.05, 3.63) is 34.9 Å². The number of carbonyl (C=O) groups is 1. The van der Waals surface area contributed by atoms with Gasteiger partial charge in [0.25, 0.3) is 0 Å². The molecule has 0 heterocycles. The molecule has 0 aliphatic heterocycles. The molecule has 1 aromatic carbocycles. The van der Waals surface area contributed by atoms with E-state index in [1.54, 1.807) is 12.1 Å². The third kappa shape index (κ3) is 4.51. The SMILES string of the molecule is O=C(Cc1ccc(Cl)cc1)NCC(O)C1CCCC1. The zero-order valence-electron chi connectivity index (χ0n) is 10.9. The summed E-state index contributed by atoms with van der Waals surface area (Å²) in [4.78, 5) is 11.8. The lowest BCUT2D eigenvalue weighted by atomic mass is 10.0. The number of carbonyl (C=O) groups excluding carboxylic acids is 1.